The fourth-order valence-corrected chi connectivity index (χ4v) is 2.13. The molecule has 0 amide bonds. The molecule has 5 heteroatoms. The molecule has 0 aliphatic heterocycles. The van der Waals surface area contributed by atoms with Crippen molar-refractivity contribution in [3.8, 4) is 16.9 Å². The molecule has 1 N–H and O–H groups in total. The van der Waals surface area contributed by atoms with Gasteiger partial charge in [-0.2, -0.15) is 0 Å². The van der Waals surface area contributed by atoms with Crippen molar-refractivity contribution in [1.29, 1.82) is 0 Å². The molecule has 0 heterocycles. The van der Waals surface area contributed by atoms with Gasteiger partial charge in [-0.05, 0) is 37.1 Å². The average molecular weight is 328 g/mol. The van der Waals surface area contributed by atoms with Crippen LogP contribution in [-0.2, 0) is 14.3 Å². The van der Waals surface area contributed by atoms with Gasteiger partial charge in [0.15, 0.2) is 0 Å². The topological polar surface area (TPSA) is 72.8 Å². The molecule has 0 radical (unpaired) electrons. The van der Waals surface area contributed by atoms with Crippen molar-refractivity contribution < 1.29 is 24.2 Å². The zero-order valence-electron chi connectivity index (χ0n) is 13.7. The molecule has 2 rings (SSSR count). The lowest BCUT2D eigenvalue weighted by Gasteiger charge is -2.24. The predicted molar refractivity (Wildman–Crippen MR) is 89.8 cm³/mol. The van der Waals surface area contributed by atoms with Gasteiger partial charge in [-0.15, -0.1) is 0 Å². The van der Waals surface area contributed by atoms with Crippen molar-refractivity contribution >= 4 is 11.9 Å². The van der Waals surface area contributed by atoms with Crippen molar-refractivity contribution in [2.24, 2.45) is 0 Å². The van der Waals surface area contributed by atoms with Crippen LogP contribution >= 0.6 is 0 Å². The number of esters is 1. The minimum absolute atomic E-state index is 0.310. The molecule has 2 aromatic rings. The first-order valence-corrected chi connectivity index (χ1v) is 7.62. The molecule has 126 valence electrons. The smallest absolute Gasteiger partial charge is 0.417 e. The van der Waals surface area contributed by atoms with E-state index in [9.17, 15) is 9.59 Å². The van der Waals surface area contributed by atoms with Crippen LogP contribution < -0.4 is 4.74 Å². The van der Waals surface area contributed by atoms with E-state index in [0.29, 0.717) is 18.8 Å². The van der Waals surface area contributed by atoms with Gasteiger partial charge >= 0.3 is 11.9 Å². The number of hydrogen-bond donors (Lipinski definition) is 1. The van der Waals surface area contributed by atoms with Crippen molar-refractivity contribution in [3.63, 3.8) is 0 Å². The van der Waals surface area contributed by atoms with Gasteiger partial charge in [0.05, 0.1) is 6.61 Å². The Morgan fingerprint density at radius 1 is 0.958 bits per heavy atom. The Bertz CT molecular complexity index is 689. The second-order valence-corrected chi connectivity index (χ2v) is 5.94. The fraction of sp³-hybridized carbons (Fsp3) is 0.263. The lowest BCUT2D eigenvalue weighted by Crippen LogP contribution is -2.33. The van der Waals surface area contributed by atoms with Crippen LogP contribution in [0.25, 0.3) is 11.1 Å². The minimum Gasteiger partial charge on any atom is -0.493 e. The molecule has 5 nitrogen and oxygen atoms in total. The molecule has 0 saturated carbocycles. The first-order valence-electron chi connectivity index (χ1n) is 7.62. The van der Waals surface area contributed by atoms with E-state index >= 15 is 0 Å². The number of carbonyl (C=O) groups excluding carboxylic acids is 1. The van der Waals surface area contributed by atoms with Gasteiger partial charge in [0.1, 0.15) is 11.4 Å². The average Bonchev–Trinajstić information content (AvgIpc) is 2.55. The maximum absolute atomic E-state index is 11.1. The van der Waals surface area contributed by atoms with Gasteiger partial charge < -0.3 is 14.6 Å². The highest BCUT2D eigenvalue weighted by atomic mass is 16.6. The molecule has 0 spiro atoms. The summed E-state index contributed by atoms with van der Waals surface area (Å²) in [6, 6.07) is 17.7. The molecule has 0 aliphatic rings. The van der Waals surface area contributed by atoms with Crippen molar-refractivity contribution in [3.05, 3.63) is 54.6 Å². The zero-order chi connectivity index (χ0) is 17.6. The number of carbonyl (C=O) groups is 2. The molecule has 0 fully saturated rings. The molecule has 24 heavy (non-hydrogen) atoms. The minimum atomic E-state index is -1.60. The Labute approximate surface area is 140 Å². The van der Waals surface area contributed by atoms with Gasteiger partial charge in [0.25, 0.3) is 0 Å². The largest absolute Gasteiger partial charge is 0.493 e. The molecule has 2 aromatic carbocycles. The highest BCUT2D eigenvalue weighted by Gasteiger charge is 2.26. The van der Waals surface area contributed by atoms with Crippen LogP contribution in [0.5, 0.6) is 5.75 Å². The molecular formula is C19H20O5. The maximum Gasteiger partial charge on any atom is 0.417 e. The van der Waals surface area contributed by atoms with Gasteiger partial charge in [0, 0.05) is 6.42 Å². The normalized spacial score (nSPS) is 10.9. The van der Waals surface area contributed by atoms with Crippen LogP contribution in [0.2, 0.25) is 0 Å². The van der Waals surface area contributed by atoms with Crippen molar-refractivity contribution in [1.82, 2.24) is 0 Å². The number of rotatable bonds is 6. The van der Waals surface area contributed by atoms with E-state index in [-0.39, 0.29) is 0 Å². The highest BCUT2D eigenvalue weighted by molar-refractivity contribution is 6.28. The second kappa shape index (κ2) is 7.64. The monoisotopic (exact) mass is 328 g/mol. The number of carboxylic acids is 1. The summed E-state index contributed by atoms with van der Waals surface area (Å²) in [5, 5.41) is 8.56. The summed E-state index contributed by atoms with van der Waals surface area (Å²) in [6.07, 6.45) is 0.381. The predicted octanol–water partition coefficient (Wildman–Crippen LogP) is 3.53. The summed E-state index contributed by atoms with van der Waals surface area (Å²) in [4.78, 5) is 21.6. The Morgan fingerprint density at radius 2 is 1.54 bits per heavy atom. The summed E-state index contributed by atoms with van der Waals surface area (Å²) in [6.45, 7) is 3.61. The third-order valence-corrected chi connectivity index (χ3v) is 3.48. The quantitative estimate of drug-likeness (QED) is 0.649. The van der Waals surface area contributed by atoms with Crippen LogP contribution in [0.3, 0.4) is 0 Å². The van der Waals surface area contributed by atoms with Crippen LogP contribution in [0.15, 0.2) is 54.6 Å². The van der Waals surface area contributed by atoms with Crippen molar-refractivity contribution in [2.75, 3.05) is 6.61 Å². The van der Waals surface area contributed by atoms with Gasteiger partial charge in [-0.25, -0.2) is 9.59 Å². The molecule has 0 aliphatic carbocycles. The molecule has 0 aromatic heterocycles. The van der Waals surface area contributed by atoms with E-state index < -0.39 is 17.5 Å². The summed E-state index contributed by atoms with van der Waals surface area (Å²) in [7, 11) is 0. The SMILES string of the molecule is CC(C)(CCOc1ccc(-c2ccccc2)cc1)OC(=O)C(=O)O. The Hall–Kier alpha value is -2.82. The Morgan fingerprint density at radius 3 is 2.12 bits per heavy atom. The van der Waals surface area contributed by atoms with Gasteiger partial charge in [-0.3, -0.25) is 0 Å². The second-order valence-electron chi connectivity index (χ2n) is 5.94. The summed E-state index contributed by atoms with van der Waals surface area (Å²) in [5.41, 5.74) is 1.32. The van der Waals surface area contributed by atoms with E-state index in [1.165, 1.54) is 0 Å². The lowest BCUT2D eigenvalue weighted by molar-refractivity contribution is -0.173. The first-order chi connectivity index (χ1) is 11.4. The van der Waals surface area contributed by atoms with Gasteiger partial charge in [-0.1, -0.05) is 42.5 Å². The highest BCUT2D eigenvalue weighted by Crippen LogP contribution is 2.23. The number of carboxylic acid groups (broad SMARTS) is 1. The summed E-state index contributed by atoms with van der Waals surface area (Å²) in [5.74, 6) is -2.15. The number of benzene rings is 2. The lowest BCUT2D eigenvalue weighted by atomic mass is 10.1. The van der Waals surface area contributed by atoms with Crippen LogP contribution in [0.4, 0.5) is 0 Å². The molecule has 0 atom stereocenters. The third-order valence-electron chi connectivity index (χ3n) is 3.48. The van der Waals surface area contributed by atoms with E-state index in [1.807, 2.05) is 54.6 Å². The standard InChI is InChI=1S/C19H20O5/c1-19(2,24-18(22)17(20)21)12-13-23-16-10-8-15(9-11-16)14-6-4-3-5-7-14/h3-11H,12-13H2,1-2H3,(H,20,21). The van der Waals surface area contributed by atoms with Crippen LogP contribution in [0, 0.1) is 0 Å². The summed E-state index contributed by atoms with van der Waals surface area (Å²) >= 11 is 0. The van der Waals surface area contributed by atoms with E-state index in [2.05, 4.69) is 0 Å². The van der Waals surface area contributed by atoms with E-state index in [0.717, 1.165) is 11.1 Å². The molecule has 0 saturated heterocycles. The molecule has 0 bridgehead atoms. The summed E-state index contributed by atoms with van der Waals surface area (Å²) < 4.78 is 10.5. The molecule has 0 unspecified atom stereocenters. The number of ether oxygens (including phenoxy) is 2. The zero-order valence-corrected chi connectivity index (χ0v) is 13.7. The Balaban J connectivity index is 1.86. The van der Waals surface area contributed by atoms with Crippen LogP contribution in [0.1, 0.15) is 20.3 Å². The maximum atomic E-state index is 11.1. The number of aliphatic carboxylic acids is 1. The Kier molecular flexibility index (Phi) is 5.58. The van der Waals surface area contributed by atoms with Crippen LogP contribution in [-0.4, -0.2) is 29.3 Å². The fourth-order valence-electron chi connectivity index (χ4n) is 2.13. The van der Waals surface area contributed by atoms with Gasteiger partial charge in [0.2, 0.25) is 0 Å². The van der Waals surface area contributed by atoms with E-state index in [1.54, 1.807) is 13.8 Å². The van der Waals surface area contributed by atoms with Crippen molar-refractivity contribution in [2.45, 2.75) is 25.9 Å². The van der Waals surface area contributed by atoms with E-state index in [4.69, 9.17) is 14.6 Å². The molecular weight excluding hydrogens is 308 g/mol. The third kappa shape index (κ3) is 5.12. The first kappa shape index (κ1) is 17.5. The number of hydrogen-bond acceptors (Lipinski definition) is 4.